The molecule has 2 rings (SSSR count). The number of rotatable bonds is 6. The Morgan fingerprint density at radius 3 is 2.35 bits per heavy atom. The minimum absolute atomic E-state index is 0.287. The third-order valence-corrected chi connectivity index (χ3v) is 3.03. The van der Waals surface area contributed by atoms with Crippen molar-refractivity contribution in [2.75, 3.05) is 12.4 Å². The Balaban J connectivity index is 2.03. The van der Waals surface area contributed by atoms with Crippen LogP contribution in [0.2, 0.25) is 0 Å². The van der Waals surface area contributed by atoms with Crippen LogP contribution in [0.4, 0.5) is 5.69 Å². The molecule has 4 nitrogen and oxygen atoms in total. The van der Waals surface area contributed by atoms with Crippen molar-refractivity contribution in [3.05, 3.63) is 65.2 Å². The second-order valence-corrected chi connectivity index (χ2v) is 4.44. The van der Waals surface area contributed by atoms with E-state index < -0.39 is 5.97 Å². The highest BCUT2D eigenvalue weighted by atomic mass is 16.5. The van der Waals surface area contributed by atoms with Gasteiger partial charge >= 0.3 is 5.97 Å². The molecule has 4 heteroatoms. The molecule has 0 unspecified atom stereocenters. The van der Waals surface area contributed by atoms with Gasteiger partial charge in [-0.3, -0.25) is 0 Å². The predicted molar refractivity (Wildman–Crippen MR) is 77.9 cm³/mol. The molecule has 0 fully saturated rings. The van der Waals surface area contributed by atoms with Crippen molar-refractivity contribution in [2.24, 2.45) is 0 Å². The molecule has 0 bridgehead atoms. The molecule has 0 amide bonds. The van der Waals surface area contributed by atoms with Gasteiger partial charge in [0.25, 0.3) is 0 Å². The number of carbonyl (C=O) groups is 1. The number of methoxy groups -OCH3 is 1. The zero-order chi connectivity index (χ0) is 14.4. The van der Waals surface area contributed by atoms with Crippen LogP contribution in [-0.2, 0) is 17.9 Å². The van der Waals surface area contributed by atoms with Crippen molar-refractivity contribution >= 4 is 11.7 Å². The Kier molecular flexibility index (Phi) is 4.74. The average molecular weight is 271 g/mol. The van der Waals surface area contributed by atoms with E-state index in [0.717, 1.165) is 16.8 Å². The molecule has 0 aromatic heterocycles. The normalized spacial score (nSPS) is 10.2. The molecule has 2 aromatic rings. The van der Waals surface area contributed by atoms with E-state index in [2.05, 4.69) is 5.32 Å². The lowest BCUT2D eigenvalue weighted by molar-refractivity contribution is 0.0697. The summed E-state index contributed by atoms with van der Waals surface area (Å²) in [6, 6.07) is 14.8. The lowest BCUT2D eigenvalue weighted by Crippen LogP contribution is -2.04. The number of hydrogen-bond donors (Lipinski definition) is 2. The number of nitrogens with one attached hydrogen (secondary N) is 1. The van der Waals surface area contributed by atoms with Crippen LogP contribution < -0.4 is 5.32 Å². The quantitative estimate of drug-likeness (QED) is 0.847. The Morgan fingerprint density at radius 1 is 1.10 bits per heavy atom. The Labute approximate surface area is 118 Å². The maximum absolute atomic E-state index is 10.8. The lowest BCUT2D eigenvalue weighted by atomic mass is 10.1. The molecular formula is C16H17NO3. The van der Waals surface area contributed by atoms with E-state index in [9.17, 15) is 4.79 Å². The molecule has 0 atom stereocenters. The van der Waals surface area contributed by atoms with Crippen molar-refractivity contribution in [3.63, 3.8) is 0 Å². The van der Waals surface area contributed by atoms with Gasteiger partial charge in [0, 0.05) is 19.3 Å². The van der Waals surface area contributed by atoms with Crippen molar-refractivity contribution in [2.45, 2.75) is 13.2 Å². The molecule has 0 spiro atoms. The first-order valence-electron chi connectivity index (χ1n) is 6.33. The summed E-state index contributed by atoms with van der Waals surface area (Å²) in [6.07, 6.45) is 0. The standard InChI is InChI=1S/C16H17NO3/c1-20-11-14-5-3-2-4-13(14)10-17-15-8-6-12(7-9-15)16(18)19/h2-9,17H,10-11H2,1H3,(H,18,19). The fourth-order valence-electron chi connectivity index (χ4n) is 1.95. The Hall–Kier alpha value is -2.33. The summed E-state index contributed by atoms with van der Waals surface area (Å²) in [4.78, 5) is 10.8. The Bertz CT molecular complexity index is 579. The summed E-state index contributed by atoms with van der Waals surface area (Å²) in [5.41, 5.74) is 3.49. The van der Waals surface area contributed by atoms with Crippen molar-refractivity contribution in [1.82, 2.24) is 0 Å². The third kappa shape index (κ3) is 3.59. The first-order chi connectivity index (χ1) is 9.70. The van der Waals surface area contributed by atoms with E-state index >= 15 is 0 Å². The van der Waals surface area contributed by atoms with Crippen molar-refractivity contribution in [1.29, 1.82) is 0 Å². The first kappa shape index (κ1) is 14.1. The van der Waals surface area contributed by atoms with Crippen LogP contribution in [0.15, 0.2) is 48.5 Å². The van der Waals surface area contributed by atoms with Gasteiger partial charge in [-0.05, 0) is 35.4 Å². The number of ether oxygens (including phenoxy) is 1. The van der Waals surface area contributed by atoms with Crippen molar-refractivity contribution in [3.8, 4) is 0 Å². The summed E-state index contributed by atoms with van der Waals surface area (Å²) >= 11 is 0. The first-order valence-corrected chi connectivity index (χ1v) is 6.33. The topological polar surface area (TPSA) is 58.6 Å². The second kappa shape index (κ2) is 6.73. The van der Waals surface area contributed by atoms with E-state index in [1.807, 2.05) is 24.3 Å². The molecular weight excluding hydrogens is 254 g/mol. The number of aromatic carboxylic acids is 1. The number of anilines is 1. The fourth-order valence-corrected chi connectivity index (χ4v) is 1.95. The molecule has 20 heavy (non-hydrogen) atoms. The molecule has 0 aliphatic heterocycles. The minimum Gasteiger partial charge on any atom is -0.478 e. The molecule has 0 heterocycles. The van der Waals surface area contributed by atoms with E-state index in [4.69, 9.17) is 9.84 Å². The highest BCUT2D eigenvalue weighted by molar-refractivity contribution is 5.87. The van der Waals surface area contributed by atoms with Crippen LogP contribution in [0.5, 0.6) is 0 Å². The lowest BCUT2D eigenvalue weighted by Gasteiger charge is -2.11. The highest BCUT2D eigenvalue weighted by Gasteiger charge is 2.03. The maximum atomic E-state index is 10.8. The van der Waals surface area contributed by atoms with Gasteiger partial charge in [-0.2, -0.15) is 0 Å². The summed E-state index contributed by atoms with van der Waals surface area (Å²) < 4.78 is 5.17. The van der Waals surface area contributed by atoms with Crippen LogP contribution in [-0.4, -0.2) is 18.2 Å². The van der Waals surface area contributed by atoms with Crippen LogP contribution in [0, 0.1) is 0 Å². The summed E-state index contributed by atoms with van der Waals surface area (Å²) in [6.45, 7) is 1.25. The van der Waals surface area contributed by atoms with Gasteiger partial charge in [-0.15, -0.1) is 0 Å². The van der Waals surface area contributed by atoms with Crippen molar-refractivity contribution < 1.29 is 14.6 Å². The molecule has 0 aliphatic carbocycles. The van der Waals surface area contributed by atoms with E-state index in [1.54, 1.807) is 31.4 Å². The molecule has 0 saturated carbocycles. The molecule has 0 saturated heterocycles. The van der Waals surface area contributed by atoms with Gasteiger partial charge in [-0.1, -0.05) is 24.3 Å². The fraction of sp³-hybridized carbons (Fsp3) is 0.188. The average Bonchev–Trinajstić information content (AvgIpc) is 2.47. The number of carboxylic acid groups (broad SMARTS) is 1. The Morgan fingerprint density at radius 2 is 1.75 bits per heavy atom. The van der Waals surface area contributed by atoms with Crippen LogP contribution >= 0.6 is 0 Å². The van der Waals surface area contributed by atoms with E-state index in [-0.39, 0.29) is 5.56 Å². The summed E-state index contributed by atoms with van der Waals surface area (Å²) in [7, 11) is 1.68. The minimum atomic E-state index is -0.915. The van der Waals surface area contributed by atoms with Gasteiger partial charge in [0.2, 0.25) is 0 Å². The van der Waals surface area contributed by atoms with Gasteiger partial charge < -0.3 is 15.2 Å². The largest absolute Gasteiger partial charge is 0.478 e. The van der Waals surface area contributed by atoms with Gasteiger partial charge in [0.1, 0.15) is 0 Å². The van der Waals surface area contributed by atoms with Gasteiger partial charge in [0.05, 0.1) is 12.2 Å². The molecule has 0 aliphatic rings. The summed E-state index contributed by atoms with van der Waals surface area (Å²) in [5, 5.41) is 12.1. The molecule has 0 radical (unpaired) electrons. The highest BCUT2D eigenvalue weighted by Crippen LogP contribution is 2.14. The number of hydrogen-bond acceptors (Lipinski definition) is 3. The van der Waals surface area contributed by atoms with Crippen LogP contribution in [0.1, 0.15) is 21.5 Å². The van der Waals surface area contributed by atoms with Gasteiger partial charge in [-0.25, -0.2) is 4.79 Å². The maximum Gasteiger partial charge on any atom is 0.335 e. The summed E-state index contributed by atoms with van der Waals surface area (Å²) in [5.74, 6) is -0.915. The molecule has 2 N–H and O–H groups in total. The molecule has 2 aromatic carbocycles. The zero-order valence-electron chi connectivity index (χ0n) is 11.3. The predicted octanol–water partition coefficient (Wildman–Crippen LogP) is 3.14. The van der Waals surface area contributed by atoms with Crippen LogP contribution in [0.3, 0.4) is 0 Å². The monoisotopic (exact) mass is 271 g/mol. The third-order valence-electron chi connectivity index (χ3n) is 3.03. The smallest absolute Gasteiger partial charge is 0.335 e. The van der Waals surface area contributed by atoms with E-state index in [1.165, 1.54) is 0 Å². The SMILES string of the molecule is COCc1ccccc1CNc1ccc(C(=O)O)cc1. The molecule has 104 valence electrons. The van der Waals surface area contributed by atoms with Crippen LogP contribution in [0.25, 0.3) is 0 Å². The number of carboxylic acids is 1. The second-order valence-electron chi connectivity index (χ2n) is 4.44. The number of benzene rings is 2. The zero-order valence-corrected chi connectivity index (χ0v) is 11.3. The van der Waals surface area contributed by atoms with E-state index in [0.29, 0.717) is 13.2 Å². The van der Waals surface area contributed by atoms with Gasteiger partial charge in [0.15, 0.2) is 0 Å².